The number of halogens is 2. The van der Waals surface area contributed by atoms with Gasteiger partial charge in [-0.25, -0.2) is 8.78 Å². The molecule has 1 saturated carbocycles. The zero-order valence-corrected chi connectivity index (χ0v) is 29.9. The predicted molar refractivity (Wildman–Crippen MR) is 200 cm³/mol. The number of nitrogens with zero attached hydrogens (tertiary/aromatic N) is 3. The monoisotopic (exact) mass is 735 g/mol. The molecule has 280 valence electrons. The summed E-state index contributed by atoms with van der Waals surface area (Å²) in [7, 11) is 0. The van der Waals surface area contributed by atoms with Crippen molar-refractivity contribution in [2.75, 3.05) is 18.8 Å². The summed E-state index contributed by atoms with van der Waals surface area (Å²) < 4.78 is 32.1. The molecule has 5 N–H and O–H groups in total. The SMILES string of the molecule is C[C@H](c1ccccn1)c1ccc2c(c1N)Cc1ccccc1-2.O=C(N[C@H]1CCN([C@H]2CCCC[C@H]2O)C[C@@H]1C(=O)O)c1cc(-c2ccc(F)cc2F)on1. The average molecular weight is 736 g/mol. The maximum atomic E-state index is 14.0. The van der Waals surface area contributed by atoms with Crippen LogP contribution in [0.1, 0.15) is 77.8 Å². The van der Waals surface area contributed by atoms with Crippen molar-refractivity contribution in [3.05, 3.63) is 125 Å². The number of rotatable bonds is 7. The number of likely N-dealkylation sites (tertiary alicyclic amines) is 1. The number of fused-ring (bicyclic) bond motifs is 3. The van der Waals surface area contributed by atoms with Crippen molar-refractivity contribution in [2.24, 2.45) is 5.92 Å². The molecule has 3 aliphatic rings. The van der Waals surface area contributed by atoms with Gasteiger partial charge in [0.2, 0.25) is 0 Å². The van der Waals surface area contributed by atoms with Crippen LogP contribution in [0.25, 0.3) is 22.5 Å². The number of anilines is 1. The molecule has 12 heteroatoms. The van der Waals surface area contributed by atoms with Gasteiger partial charge in [0.25, 0.3) is 5.91 Å². The van der Waals surface area contributed by atoms with Crippen LogP contribution in [0.2, 0.25) is 0 Å². The Balaban J connectivity index is 0.000000178. The quantitative estimate of drug-likeness (QED) is 0.129. The zero-order chi connectivity index (χ0) is 37.9. The number of piperidine rings is 1. The summed E-state index contributed by atoms with van der Waals surface area (Å²) in [5.41, 5.74) is 14.7. The number of carbonyl (C=O) groups is 2. The van der Waals surface area contributed by atoms with Crippen LogP contribution in [0.4, 0.5) is 14.5 Å². The topological polar surface area (TPSA) is 155 Å². The molecule has 1 amide bonds. The Labute approximate surface area is 312 Å². The van der Waals surface area contributed by atoms with Crippen molar-refractivity contribution in [1.29, 1.82) is 0 Å². The Bertz CT molecular complexity index is 2140. The maximum absolute atomic E-state index is 14.0. The summed E-state index contributed by atoms with van der Waals surface area (Å²) in [5.74, 6) is -3.93. The van der Waals surface area contributed by atoms with Crippen LogP contribution in [0.3, 0.4) is 0 Å². The first kappa shape index (κ1) is 36.9. The minimum absolute atomic E-state index is 0.0384. The smallest absolute Gasteiger partial charge is 0.309 e. The molecular formula is C42H43F2N5O5. The third-order valence-corrected chi connectivity index (χ3v) is 11.0. The molecule has 0 radical (unpaired) electrons. The number of pyridine rings is 1. The number of aromatic nitrogens is 2. The first-order chi connectivity index (χ1) is 26.1. The van der Waals surface area contributed by atoms with E-state index in [1.165, 1.54) is 39.9 Å². The normalized spacial score (nSPS) is 21.3. The number of carboxylic acid groups (broad SMARTS) is 1. The molecule has 10 nitrogen and oxygen atoms in total. The highest BCUT2D eigenvalue weighted by molar-refractivity contribution is 5.93. The first-order valence-electron chi connectivity index (χ1n) is 18.4. The van der Waals surface area contributed by atoms with E-state index in [1.807, 2.05) is 23.2 Å². The molecule has 3 aromatic carbocycles. The van der Waals surface area contributed by atoms with Crippen molar-refractivity contribution >= 4 is 17.6 Å². The number of carbonyl (C=O) groups excluding carboxylic acids is 1. The summed E-state index contributed by atoms with van der Waals surface area (Å²) in [6, 6.07) is 22.5. The largest absolute Gasteiger partial charge is 0.481 e. The number of amides is 1. The lowest BCUT2D eigenvalue weighted by atomic mass is 9.86. The minimum atomic E-state index is -1.03. The highest BCUT2D eigenvalue weighted by Crippen LogP contribution is 2.42. The molecule has 2 aliphatic carbocycles. The van der Waals surface area contributed by atoms with Crippen LogP contribution in [0, 0.1) is 17.6 Å². The number of nitrogens with two attached hydrogens (primary N) is 1. The van der Waals surface area contributed by atoms with Gasteiger partial charge in [0.15, 0.2) is 11.5 Å². The van der Waals surface area contributed by atoms with Gasteiger partial charge in [-0.3, -0.25) is 19.5 Å². The fraction of sp³-hybridized carbons (Fsp3) is 0.333. The number of hydrogen-bond donors (Lipinski definition) is 4. The number of nitrogen functional groups attached to an aromatic ring is 1. The van der Waals surface area contributed by atoms with Gasteiger partial charge in [0, 0.05) is 67.2 Å². The van der Waals surface area contributed by atoms with E-state index in [-0.39, 0.29) is 35.5 Å². The van der Waals surface area contributed by atoms with Crippen molar-refractivity contribution < 1.29 is 33.1 Å². The van der Waals surface area contributed by atoms with Gasteiger partial charge in [-0.2, -0.15) is 0 Å². The lowest BCUT2D eigenvalue weighted by molar-refractivity contribution is -0.145. The average Bonchev–Trinajstić information content (AvgIpc) is 3.82. The van der Waals surface area contributed by atoms with Crippen molar-refractivity contribution in [3.63, 3.8) is 0 Å². The third-order valence-electron chi connectivity index (χ3n) is 11.0. The fourth-order valence-corrected chi connectivity index (χ4v) is 8.08. The van der Waals surface area contributed by atoms with Gasteiger partial charge in [0.1, 0.15) is 11.6 Å². The van der Waals surface area contributed by atoms with Crippen molar-refractivity contribution in [3.8, 4) is 22.5 Å². The van der Waals surface area contributed by atoms with Gasteiger partial charge < -0.3 is 25.8 Å². The lowest BCUT2D eigenvalue weighted by Gasteiger charge is -2.43. The Morgan fingerprint density at radius 3 is 2.50 bits per heavy atom. The first-order valence-corrected chi connectivity index (χ1v) is 18.4. The molecule has 54 heavy (non-hydrogen) atoms. The van der Waals surface area contributed by atoms with E-state index in [4.69, 9.17) is 10.3 Å². The van der Waals surface area contributed by atoms with Crippen LogP contribution in [0.15, 0.2) is 89.6 Å². The Kier molecular flexibility index (Phi) is 10.8. The lowest BCUT2D eigenvalue weighted by Crippen LogP contribution is -2.58. The van der Waals surface area contributed by atoms with E-state index >= 15 is 0 Å². The Hall–Kier alpha value is -5.46. The number of hydrogen-bond acceptors (Lipinski definition) is 8. The second-order valence-electron chi connectivity index (χ2n) is 14.3. The molecule has 0 bridgehead atoms. The molecule has 5 atom stereocenters. The van der Waals surface area contributed by atoms with Gasteiger partial charge >= 0.3 is 5.97 Å². The summed E-state index contributed by atoms with van der Waals surface area (Å²) >= 11 is 0. The second-order valence-corrected chi connectivity index (χ2v) is 14.3. The number of carboxylic acids is 1. The van der Waals surface area contributed by atoms with E-state index in [0.717, 1.165) is 43.1 Å². The molecule has 1 aliphatic heterocycles. The van der Waals surface area contributed by atoms with Crippen molar-refractivity contribution in [1.82, 2.24) is 20.4 Å². The van der Waals surface area contributed by atoms with Crippen LogP contribution >= 0.6 is 0 Å². The summed E-state index contributed by atoms with van der Waals surface area (Å²) in [6.45, 7) is 2.96. The van der Waals surface area contributed by atoms with Crippen LogP contribution in [-0.4, -0.2) is 68.4 Å². The van der Waals surface area contributed by atoms with Crippen LogP contribution < -0.4 is 11.1 Å². The molecule has 2 aromatic heterocycles. The summed E-state index contributed by atoms with van der Waals surface area (Å²) in [5, 5.41) is 26.4. The number of benzene rings is 3. The maximum Gasteiger partial charge on any atom is 0.309 e. The summed E-state index contributed by atoms with van der Waals surface area (Å²) in [4.78, 5) is 31.1. The summed E-state index contributed by atoms with van der Waals surface area (Å²) in [6.07, 6.45) is 6.21. The molecule has 1 saturated heterocycles. The fourth-order valence-electron chi connectivity index (χ4n) is 8.08. The third kappa shape index (κ3) is 7.62. The van der Waals surface area contributed by atoms with Crippen LogP contribution in [0.5, 0.6) is 0 Å². The van der Waals surface area contributed by atoms with E-state index in [0.29, 0.717) is 25.5 Å². The number of aliphatic hydroxyl groups is 1. The highest BCUT2D eigenvalue weighted by Gasteiger charge is 2.40. The molecule has 0 spiro atoms. The van der Waals surface area contributed by atoms with Gasteiger partial charge in [-0.05, 0) is 71.3 Å². The van der Waals surface area contributed by atoms with E-state index in [9.17, 15) is 28.6 Å². The van der Waals surface area contributed by atoms with E-state index in [2.05, 4.69) is 64.8 Å². The van der Waals surface area contributed by atoms with Gasteiger partial charge in [0.05, 0.1) is 17.6 Å². The highest BCUT2D eigenvalue weighted by atomic mass is 19.1. The van der Waals surface area contributed by atoms with E-state index in [1.54, 1.807) is 0 Å². The Morgan fingerprint density at radius 2 is 1.74 bits per heavy atom. The molecule has 2 fully saturated rings. The van der Waals surface area contributed by atoms with Crippen LogP contribution in [-0.2, 0) is 11.2 Å². The predicted octanol–water partition coefficient (Wildman–Crippen LogP) is 6.82. The number of nitrogens with one attached hydrogen (secondary N) is 1. The standard InChI is InChI=1S/C22H25F2N3O5.C20H18N2/c23-12-5-6-13(15(24)9-12)20-10-17(26-32-20)21(29)25-16-7-8-27(11-14(16)22(30)31)18-3-1-2-4-19(18)28;1-13(19-8-4-5-11-22-19)15-9-10-17-16-7-3-2-6-14(16)12-18(17)20(15)21/h5-6,9-10,14,16,18-19,28H,1-4,7-8,11H2,(H,25,29)(H,30,31);2-11,13H,12,21H2,1H3/t14-,16-,18-,19+;13-/m00/s1. The molecule has 0 unspecified atom stereocenters. The van der Waals surface area contributed by atoms with Gasteiger partial charge in [-0.15, -0.1) is 0 Å². The zero-order valence-electron chi connectivity index (χ0n) is 29.9. The number of aliphatic carboxylic acids is 1. The Morgan fingerprint density at radius 1 is 0.963 bits per heavy atom. The molecule has 8 rings (SSSR count). The molecule has 3 heterocycles. The molecular weight excluding hydrogens is 692 g/mol. The molecule has 5 aromatic rings. The number of aliphatic hydroxyl groups excluding tert-OH is 1. The van der Waals surface area contributed by atoms with Gasteiger partial charge in [-0.1, -0.05) is 67.4 Å². The minimum Gasteiger partial charge on any atom is -0.481 e. The van der Waals surface area contributed by atoms with Crippen molar-refractivity contribution in [2.45, 2.75) is 69.6 Å². The second kappa shape index (κ2) is 15.9. The van der Waals surface area contributed by atoms with E-state index < -0.39 is 41.6 Å².